The number of hydrogen-bond acceptors (Lipinski definition) is 6. The van der Waals surface area contributed by atoms with Gasteiger partial charge >= 0.3 is 6.18 Å². The number of amides is 1. The first-order valence-electron chi connectivity index (χ1n) is 9.30. The minimum atomic E-state index is -4.53. The second-order valence-electron chi connectivity index (χ2n) is 6.94. The SMILES string of the molecule is Cc1nc(N2CCN(C(=O)c3sc(-n4cccc4)nc3C)CC2)cc(C(F)(F)F)n1. The summed E-state index contributed by atoms with van der Waals surface area (Å²) >= 11 is 1.32. The fourth-order valence-electron chi connectivity index (χ4n) is 3.29. The summed E-state index contributed by atoms with van der Waals surface area (Å²) in [6.45, 7) is 4.80. The third-order valence-electron chi connectivity index (χ3n) is 4.81. The van der Waals surface area contributed by atoms with Gasteiger partial charge in [0.1, 0.15) is 22.2 Å². The number of halogens is 3. The van der Waals surface area contributed by atoms with Crippen molar-refractivity contribution in [1.82, 2.24) is 24.4 Å². The molecule has 158 valence electrons. The van der Waals surface area contributed by atoms with Crippen LogP contribution in [0.5, 0.6) is 0 Å². The van der Waals surface area contributed by atoms with E-state index in [1.165, 1.54) is 18.3 Å². The Morgan fingerprint density at radius 3 is 2.33 bits per heavy atom. The number of thiazole rings is 1. The van der Waals surface area contributed by atoms with E-state index in [9.17, 15) is 18.0 Å². The van der Waals surface area contributed by atoms with Crippen LogP contribution in [0.1, 0.15) is 26.9 Å². The largest absolute Gasteiger partial charge is 0.433 e. The third kappa shape index (κ3) is 4.02. The highest BCUT2D eigenvalue weighted by atomic mass is 32.1. The summed E-state index contributed by atoms with van der Waals surface area (Å²) < 4.78 is 41.0. The Bertz CT molecular complexity index is 1050. The summed E-state index contributed by atoms with van der Waals surface area (Å²) in [7, 11) is 0. The summed E-state index contributed by atoms with van der Waals surface area (Å²) in [6.07, 6.45) is -0.796. The van der Waals surface area contributed by atoms with Gasteiger partial charge in [0.2, 0.25) is 0 Å². The van der Waals surface area contributed by atoms with E-state index in [0.717, 1.165) is 11.2 Å². The monoisotopic (exact) mass is 436 g/mol. The lowest BCUT2D eigenvalue weighted by Gasteiger charge is -2.35. The Kier molecular flexibility index (Phi) is 5.22. The molecule has 0 bridgehead atoms. The van der Waals surface area contributed by atoms with Crippen molar-refractivity contribution in [1.29, 1.82) is 0 Å². The zero-order chi connectivity index (χ0) is 21.5. The summed E-state index contributed by atoms with van der Waals surface area (Å²) in [5.74, 6) is 0.180. The minimum Gasteiger partial charge on any atom is -0.353 e. The molecule has 1 saturated heterocycles. The fourth-order valence-corrected chi connectivity index (χ4v) is 4.30. The molecule has 1 aliphatic rings. The second kappa shape index (κ2) is 7.71. The number of alkyl halides is 3. The predicted molar refractivity (Wildman–Crippen MR) is 106 cm³/mol. The highest BCUT2D eigenvalue weighted by Gasteiger charge is 2.34. The standard InChI is InChI=1S/C19H19F3N6OS/c1-12-16(30-18(23-12)28-5-3-4-6-28)17(29)27-9-7-26(8-10-27)15-11-14(19(20,21)22)24-13(2)25-15/h3-6,11H,7-10H2,1-2H3. The van der Waals surface area contributed by atoms with Gasteiger partial charge in [-0.2, -0.15) is 13.2 Å². The van der Waals surface area contributed by atoms with Crippen LogP contribution >= 0.6 is 11.3 Å². The molecular weight excluding hydrogens is 417 g/mol. The molecule has 0 aromatic carbocycles. The van der Waals surface area contributed by atoms with Gasteiger partial charge in [-0.05, 0) is 26.0 Å². The van der Waals surface area contributed by atoms with Crippen LogP contribution in [0.4, 0.5) is 19.0 Å². The zero-order valence-corrected chi connectivity index (χ0v) is 17.2. The molecule has 1 aliphatic heterocycles. The maximum atomic E-state index is 13.0. The van der Waals surface area contributed by atoms with E-state index in [1.54, 1.807) is 16.7 Å². The van der Waals surface area contributed by atoms with E-state index >= 15 is 0 Å². The zero-order valence-electron chi connectivity index (χ0n) is 16.3. The van der Waals surface area contributed by atoms with Gasteiger partial charge in [0.25, 0.3) is 5.91 Å². The summed E-state index contributed by atoms with van der Waals surface area (Å²) in [5.41, 5.74) is -0.293. The first kappa shape index (κ1) is 20.3. The van der Waals surface area contributed by atoms with Crippen LogP contribution < -0.4 is 4.90 Å². The minimum absolute atomic E-state index is 0.0659. The number of aromatic nitrogens is 4. The molecule has 7 nitrogen and oxygen atoms in total. The van der Waals surface area contributed by atoms with E-state index < -0.39 is 11.9 Å². The van der Waals surface area contributed by atoms with Crippen LogP contribution in [0.2, 0.25) is 0 Å². The number of rotatable bonds is 3. The van der Waals surface area contributed by atoms with Crippen LogP contribution in [0, 0.1) is 13.8 Å². The lowest BCUT2D eigenvalue weighted by atomic mass is 10.2. The average Bonchev–Trinajstić information content (AvgIpc) is 3.36. The van der Waals surface area contributed by atoms with Gasteiger partial charge in [-0.25, -0.2) is 15.0 Å². The number of carbonyl (C=O) groups is 1. The van der Waals surface area contributed by atoms with E-state index in [4.69, 9.17) is 0 Å². The van der Waals surface area contributed by atoms with Gasteiger partial charge in [-0.15, -0.1) is 0 Å². The van der Waals surface area contributed by atoms with Gasteiger partial charge in [0.15, 0.2) is 5.13 Å². The Balaban J connectivity index is 1.46. The van der Waals surface area contributed by atoms with Crippen molar-refractivity contribution in [2.24, 2.45) is 0 Å². The molecule has 4 rings (SSSR count). The lowest BCUT2D eigenvalue weighted by Crippen LogP contribution is -2.49. The summed E-state index contributed by atoms with van der Waals surface area (Å²) in [5, 5.41) is 0.718. The number of anilines is 1. The molecule has 0 unspecified atom stereocenters. The Hall–Kier alpha value is -2.95. The Morgan fingerprint density at radius 1 is 1.03 bits per heavy atom. The van der Waals surface area contributed by atoms with Gasteiger partial charge in [0.05, 0.1) is 5.69 Å². The van der Waals surface area contributed by atoms with Crippen molar-refractivity contribution in [2.45, 2.75) is 20.0 Å². The van der Waals surface area contributed by atoms with Crippen molar-refractivity contribution in [2.75, 3.05) is 31.1 Å². The van der Waals surface area contributed by atoms with Crippen molar-refractivity contribution >= 4 is 23.1 Å². The van der Waals surface area contributed by atoms with Gasteiger partial charge < -0.3 is 14.4 Å². The van der Waals surface area contributed by atoms with Gasteiger partial charge in [-0.3, -0.25) is 4.79 Å². The maximum absolute atomic E-state index is 13.0. The van der Waals surface area contributed by atoms with E-state index in [2.05, 4.69) is 15.0 Å². The molecule has 0 atom stereocenters. The van der Waals surface area contributed by atoms with Gasteiger partial charge in [-0.1, -0.05) is 11.3 Å². The number of carbonyl (C=O) groups excluding carboxylic acids is 1. The van der Waals surface area contributed by atoms with Crippen molar-refractivity contribution < 1.29 is 18.0 Å². The van der Waals surface area contributed by atoms with Crippen LogP contribution in [0.25, 0.3) is 5.13 Å². The number of hydrogen-bond donors (Lipinski definition) is 0. The fraction of sp³-hybridized carbons (Fsp3) is 0.368. The van der Waals surface area contributed by atoms with Crippen LogP contribution in [0.3, 0.4) is 0 Å². The molecule has 1 fully saturated rings. The molecule has 1 amide bonds. The van der Waals surface area contributed by atoms with E-state index in [-0.39, 0.29) is 17.5 Å². The number of aryl methyl sites for hydroxylation is 2. The van der Waals surface area contributed by atoms with Gasteiger partial charge in [0, 0.05) is 44.6 Å². The third-order valence-corrected chi connectivity index (χ3v) is 5.97. The van der Waals surface area contributed by atoms with E-state index in [0.29, 0.717) is 36.8 Å². The number of nitrogens with zero attached hydrogens (tertiary/aromatic N) is 6. The van der Waals surface area contributed by atoms with Crippen LogP contribution in [-0.2, 0) is 6.18 Å². The van der Waals surface area contributed by atoms with Crippen molar-refractivity contribution in [3.8, 4) is 5.13 Å². The van der Waals surface area contributed by atoms with Crippen LogP contribution in [0.15, 0.2) is 30.6 Å². The molecule has 0 aliphatic carbocycles. The smallest absolute Gasteiger partial charge is 0.353 e. The topological polar surface area (TPSA) is 67.2 Å². The summed E-state index contributed by atoms with van der Waals surface area (Å²) in [6, 6.07) is 4.73. The molecule has 3 aromatic heterocycles. The van der Waals surface area contributed by atoms with E-state index in [1.807, 2.05) is 29.1 Å². The maximum Gasteiger partial charge on any atom is 0.433 e. The average molecular weight is 436 g/mol. The first-order chi connectivity index (χ1) is 14.2. The second-order valence-corrected chi connectivity index (χ2v) is 7.91. The molecule has 0 N–H and O–H groups in total. The van der Waals surface area contributed by atoms with Crippen molar-refractivity contribution in [3.63, 3.8) is 0 Å². The molecular formula is C19H19F3N6OS. The summed E-state index contributed by atoms with van der Waals surface area (Å²) in [4.78, 5) is 29.1. The molecule has 30 heavy (non-hydrogen) atoms. The first-order valence-corrected chi connectivity index (χ1v) is 10.1. The number of piperazine rings is 1. The Morgan fingerprint density at radius 2 is 1.70 bits per heavy atom. The molecule has 0 saturated carbocycles. The highest BCUT2D eigenvalue weighted by Crippen LogP contribution is 2.30. The molecule has 0 radical (unpaired) electrons. The molecule has 0 spiro atoms. The highest BCUT2D eigenvalue weighted by molar-refractivity contribution is 7.16. The molecule has 4 heterocycles. The quantitative estimate of drug-likeness (QED) is 0.630. The molecule has 3 aromatic rings. The molecule has 11 heteroatoms. The predicted octanol–water partition coefficient (Wildman–Crippen LogP) is 3.32. The van der Waals surface area contributed by atoms with Crippen LogP contribution in [-0.4, -0.2) is 56.5 Å². The van der Waals surface area contributed by atoms with Crippen molar-refractivity contribution in [3.05, 3.63) is 52.7 Å². The normalized spacial score (nSPS) is 15.0. The Labute approximate surface area is 174 Å². The lowest BCUT2D eigenvalue weighted by molar-refractivity contribution is -0.141.